The van der Waals surface area contributed by atoms with Crippen molar-refractivity contribution in [2.75, 3.05) is 25.7 Å². The number of β-lactam (4-membered cyclic amide) rings is 1. The van der Waals surface area contributed by atoms with E-state index in [1.165, 1.54) is 17.0 Å². The van der Waals surface area contributed by atoms with Crippen LogP contribution >= 0.6 is 0 Å². The maximum absolute atomic E-state index is 12.5. The van der Waals surface area contributed by atoms with Crippen molar-refractivity contribution in [2.24, 2.45) is 5.92 Å². The minimum atomic E-state index is -2.20. The third-order valence-corrected chi connectivity index (χ3v) is 13.4. The van der Waals surface area contributed by atoms with Crippen LogP contribution in [0.25, 0.3) is 0 Å². The highest BCUT2D eigenvalue weighted by Gasteiger charge is 2.48. The first kappa shape index (κ1) is 31.7. The second-order valence-electron chi connectivity index (χ2n) is 12.1. The Morgan fingerprint density at radius 2 is 1.93 bits per heavy atom. The normalized spacial score (nSPS) is 22.1. The number of esters is 1. The predicted octanol–water partition coefficient (Wildman–Crippen LogP) is 3.61. The van der Waals surface area contributed by atoms with Crippen LogP contribution in [0.3, 0.4) is 0 Å². The number of nitrogens with zero attached hydrogens (tertiary/aromatic N) is 4. The van der Waals surface area contributed by atoms with Gasteiger partial charge in [0.2, 0.25) is 5.91 Å². The number of carbonyl (C=O) groups is 2. The average Bonchev–Trinajstić information content (AvgIpc) is 3.44. The number of hydrogen-bond acceptors (Lipinski definition) is 9. The fourth-order valence-electron chi connectivity index (χ4n) is 6.62. The monoisotopic (exact) mass is 622 g/mol. The number of amides is 1. The number of benzene rings is 2. The summed E-state index contributed by atoms with van der Waals surface area (Å²) in [5, 5.41) is 19.1. The molecule has 1 aromatic heterocycles. The third-order valence-electron chi connectivity index (χ3n) is 9.08. The van der Waals surface area contributed by atoms with Crippen LogP contribution in [-0.4, -0.2) is 73.2 Å². The van der Waals surface area contributed by atoms with Gasteiger partial charge in [-0.05, 0) is 42.3 Å². The quantitative estimate of drug-likeness (QED) is 0.183. The Balaban J connectivity index is 1.47. The molecule has 2 aliphatic rings. The molecular formula is C32H42N4O7Si. The molecule has 0 aliphatic carbocycles. The van der Waals surface area contributed by atoms with Crippen LogP contribution in [0.1, 0.15) is 44.1 Å². The van der Waals surface area contributed by atoms with Gasteiger partial charge in [0.15, 0.2) is 6.23 Å². The van der Waals surface area contributed by atoms with E-state index in [2.05, 4.69) is 42.5 Å². The zero-order valence-corrected chi connectivity index (χ0v) is 27.2. The Bertz CT molecular complexity index is 1480. The molecule has 0 spiro atoms. The number of aliphatic hydroxyl groups excluding tert-OH is 1. The van der Waals surface area contributed by atoms with Gasteiger partial charge in [-0.25, -0.2) is 0 Å². The van der Waals surface area contributed by atoms with Crippen LogP contribution in [0.15, 0.2) is 48.7 Å². The van der Waals surface area contributed by atoms with E-state index in [4.69, 9.17) is 18.9 Å². The molecule has 1 amide bonds. The number of hydrogen-bond donors (Lipinski definition) is 1. The lowest BCUT2D eigenvalue weighted by atomic mass is 9.86. The fraction of sp³-hybridized carbons (Fsp3) is 0.500. The van der Waals surface area contributed by atoms with E-state index in [1.54, 1.807) is 14.2 Å². The minimum Gasteiger partial charge on any atom is -0.497 e. The van der Waals surface area contributed by atoms with Crippen molar-refractivity contribution in [1.82, 2.24) is 15.0 Å². The number of rotatable bonds is 12. The number of anilines is 1. The highest BCUT2D eigenvalue weighted by Crippen LogP contribution is 2.48. The maximum atomic E-state index is 12.5. The predicted molar refractivity (Wildman–Crippen MR) is 167 cm³/mol. The summed E-state index contributed by atoms with van der Waals surface area (Å²) in [4.78, 5) is 25.6. The number of carbonyl (C=O) groups excluding carboxylic acids is 2. The van der Waals surface area contributed by atoms with E-state index in [0.29, 0.717) is 18.7 Å². The molecular weight excluding hydrogens is 580 g/mol. The summed E-state index contributed by atoms with van der Waals surface area (Å²) >= 11 is 0. The van der Waals surface area contributed by atoms with Crippen LogP contribution in [0.4, 0.5) is 5.69 Å². The van der Waals surface area contributed by atoms with Crippen LogP contribution in [0.2, 0.25) is 18.6 Å². The molecule has 3 heterocycles. The Morgan fingerprint density at radius 1 is 1.18 bits per heavy atom. The molecule has 11 nitrogen and oxygen atoms in total. The van der Waals surface area contributed by atoms with Gasteiger partial charge in [-0.3, -0.25) is 19.2 Å². The molecule has 2 aliphatic heterocycles. The molecule has 0 bridgehead atoms. The van der Waals surface area contributed by atoms with E-state index in [0.717, 1.165) is 29.2 Å². The summed E-state index contributed by atoms with van der Waals surface area (Å²) in [5.41, 5.74) is 2.44. The summed E-state index contributed by atoms with van der Waals surface area (Å²) in [5.74, 6) is 0.990. The summed E-state index contributed by atoms with van der Waals surface area (Å²) in [6.45, 7) is 8.93. The Morgan fingerprint density at radius 3 is 2.57 bits per heavy atom. The van der Waals surface area contributed by atoms with Gasteiger partial charge >= 0.3 is 5.97 Å². The summed E-state index contributed by atoms with van der Waals surface area (Å²) in [6, 6.07) is 14.0. The molecule has 3 aromatic rings. The summed E-state index contributed by atoms with van der Waals surface area (Å²) in [7, 11) is 1.18. The van der Waals surface area contributed by atoms with Crippen molar-refractivity contribution in [3.63, 3.8) is 0 Å². The van der Waals surface area contributed by atoms with Crippen LogP contribution in [0.5, 0.6) is 11.5 Å². The number of methoxy groups -OCH3 is 2. The number of fused-ring (bicyclic) bond motifs is 1. The first-order valence-corrected chi connectivity index (χ1v) is 18.1. The van der Waals surface area contributed by atoms with E-state index < -0.39 is 20.3 Å². The average molecular weight is 623 g/mol. The van der Waals surface area contributed by atoms with Crippen LogP contribution in [-0.2, 0) is 32.0 Å². The number of aryl methyl sites for hydroxylation is 1. The molecule has 2 aromatic carbocycles. The highest BCUT2D eigenvalue weighted by atomic mass is 28.3. The minimum absolute atomic E-state index is 0.0187. The van der Waals surface area contributed by atoms with Gasteiger partial charge in [-0.2, -0.15) is 0 Å². The molecule has 236 valence electrons. The third kappa shape index (κ3) is 6.24. The Labute approximate surface area is 259 Å². The second kappa shape index (κ2) is 13.1. The first-order chi connectivity index (χ1) is 21.1. The van der Waals surface area contributed by atoms with Crippen LogP contribution < -0.4 is 19.6 Å². The number of aromatic nitrogens is 3. The van der Waals surface area contributed by atoms with E-state index >= 15 is 0 Å². The summed E-state index contributed by atoms with van der Waals surface area (Å²) in [6.07, 6.45) is 2.29. The largest absolute Gasteiger partial charge is 0.497 e. The molecule has 5 atom stereocenters. The van der Waals surface area contributed by atoms with Gasteiger partial charge in [0.25, 0.3) is 0 Å². The van der Waals surface area contributed by atoms with Gasteiger partial charge in [0.1, 0.15) is 17.6 Å². The molecule has 5 rings (SSSR count). The molecule has 2 unspecified atom stereocenters. The molecule has 0 radical (unpaired) electrons. The Hall–Kier alpha value is -3.74. The van der Waals surface area contributed by atoms with Crippen molar-refractivity contribution in [2.45, 2.75) is 76.7 Å². The lowest BCUT2D eigenvalue weighted by molar-refractivity contribution is -0.153. The van der Waals surface area contributed by atoms with Crippen molar-refractivity contribution >= 4 is 30.8 Å². The highest BCUT2D eigenvalue weighted by molar-refractivity contribution is 6.91. The van der Waals surface area contributed by atoms with Gasteiger partial charge in [0, 0.05) is 57.0 Å². The summed E-state index contributed by atoms with van der Waals surface area (Å²) < 4.78 is 25.6. The van der Waals surface area contributed by atoms with E-state index in [9.17, 15) is 14.7 Å². The van der Waals surface area contributed by atoms with Gasteiger partial charge < -0.3 is 24.1 Å². The number of ether oxygens (including phenoxy) is 4. The van der Waals surface area contributed by atoms with E-state index in [-0.39, 0.29) is 42.6 Å². The lowest BCUT2D eigenvalue weighted by Crippen LogP contribution is -2.55. The Kier molecular flexibility index (Phi) is 9.42. The van der Waals surface area contributed by atoms with Gasteiger partial charge in [-0.15, -0.1) is 5.10 Å². The van der Waals surface area contributed by atoms with E-state index in [1.807, 2.05) is 41.2 Å². The zero-order chi connectivity index (χ0) is 31.6. The van der Waals surface area contributed by atoms with Crippen molar-refractivity contribution in [1.29, 1.82) is 0 Å². The van der Waals surface area contributed by atoms with Crippen molar-refractivity contribution in [3.8, 4) is 11.5 Å². The fourth-order valence-corrected chi connectivity index (χ4v) is 10.1. The maximum Gasteiger partial charge on any atom is 0.304 e. The second-order valence-corrected chi connectivity index (χ2v) is 16.9. The molecule has 44 heavy (non-hydrogen) atoms. The number of aliphatic hydroxyl groups is 1. The van der Waals surface area contributed by atoms with Crippen molar-refractivity contribution in [3.05, 3.63) is 59.9 Å². The van der Waals surface area contributed by atoms with Crippen LogP contribution in [0, 0.1) is 5.92 Å². The molecule has 12 heteroatoms. The molecule has 1 fully saturated rings. The van der Waals surface area contributed by atoms with Gasteiger partial charge in [0.05, 0.1) is 33.4 Å². The van der Waals surface area contributed by atoms with Crippen molar-refractivity contribution < 1.29 is 33.6 Å². The standard InChI is InChI=1S/C32H42N4O7Si/c1-20-31(41-4)26-17-23(36-29(39)18-30(36)42-21(2)38)7-12-27(26)43-32(20)28(13-15-35-19-22(14-16-37)33-34-35)44(5,6)25-10-8-24(40-3)9-11-25/h7-12,17,19-20,28,30-32,37H,13-16,18H2,1-6H3/t20-,28?,30?,31-,32-/m1/s1. The smallest absolute Gasteiger partial charge is 0.304 e. The molecule has 1 saturated heterocycles. The molecule has 0 saturated carbocycles. The van der Waals surface area contributed by atoms with Gasteiger partial charge in [-0.1, -0.05) is 42.6 Å². The topological polar surface area (TPSA) is 125 Å². The molecule has 1 N–H and O–H groups in total. The zero-order valence-electron chi connectivity index (χ0n) is 26.2. The first-order valence-electron chi connectivity index (χ1n) is 15.0. The SMILES string of the molecule is COc1ccc([Si](C)(C)C(CCn2cc(CCO)nn2)[C@@H]2Oc3ccc(N4C(=O)CC4OC(C)=O)cc3[C@H](OC)[C@H]2C)cc1. The lowest BCUT2D eigenvalue weighted by Gasteiger charge is -2.46.